The van der Waals surface area contributed by atoms with E-state index in [9.17, 15) is 4.79 Å². The van der Waals surface area contributed by atoms with Gasteiger partial charge in [0.2, 0.25) is 11.9 Å². The van der Waals surface area contributed by atoms with Crippen LogP contribution in [0.25, 0.3) is 10.9 Å². The van der Waals surface area contributed by atoms with Crippen LogP contribution in [0.4, 0.5) is 28.8 Å². The van der Waals surface area contributed by atoms with Crippen LogP contribution in [0.15, 0.2) is 73.4 Å². The van der Waals surface area contributed by atoms with Crippen LogP contribution in [0.3, 0.4) is 0 Å². The van der Waals surface area contributed by atoms with Crippen molar-refractivity contribution in [3.63, 3.8) is 0 Å². The Kier molecular flexibility index (Phi) is 5.41. The van der Waals surface area contributed by atoms with Crippen molar-refractivity contribution < 1.29 is 4.79 Å². The van der Waals surface area contributed by atoms with Crippen molar-refractivity contribution in [2.24, 2.45) is 7.05 Å². The fraction of sp³-hybridized carbons (Fsp3) is 0.125. The predicted octanol–water partition coefficient (Wildman–Crippen LogP) is 4.91. The van der Waals surface area contributed by atoms with Crippen molar-refractivity contribution in [2.45, 2.75) is 6.92 Å². The molecule has 0 saturated carbocycles. The Labute approximate surface area is 181 Å². The summed E-state index contributed by atoms with van der Waals surface area (Å²) in [6, 6.07) is 17.8. The van der Waals surface area contributed by atoms with Crippen molar-refractivity contribution >= 4 is 45.6 Å². The van der Waals surface area contributed by atoms with Gasteiger partial charge in [0, 0.05) is 42.6 Å². The quantitative estimate of drug-likeness (QED) is 0.440. The second-order valence-corrected chi connectivity index (χ2v) is 7.25. The average molecular weight is 412 g/mol. The van der Waals surface area contributed by atoms with Crippen molar-refractivity contribution in [1.82, 2.24) is 14.5 Å². The molecule has 2 heterocycles. The number of rotatable bonds is 6. The van der Waals surface area contributed by atoms with E-state index in [4.69, 9.17) is 0 Å². The van der Waals surface area contributed by atoms with Gasteiger partial charge in [-0.1, -0.05) is 18.7 Å². The molecule has 0 unspecified atom stereocenters. The molecule has 0 radical (unpaired) electrons. The molecule has 0 spiro atoms. The minimum Gasteiger partial charge on any atom is -0.348 e. The van der Waals surface area contributed by atoms with Crippen molar-refractivity contribution in [1.29, 1.82) is 0 Å². The second kappa shape index (κ2) is 8.31. The lowest BCUT2D eigenvalue weighted by Crippen LogP contribution is -2.13. The molecule has 1 amide bonds. The molecular formula is C24H24N6O. The van der Waals surface area contributed by atoms with E-state index in [-0.39, 0.29) is 5.91 Å². The first-order valence-electron chi connectivity index (χ1n) is 9.88. The number of hydrogen-bond acceptors (Lipinski definition) is 5. The van der Waals surface area contributed by atoms with Gasteiger partial charge in [0.05, 0.1) is 11.4 Å². The lowest BCUT2D eigenvalue weighted by Gasteiger charge is -2.19. The molecule has 7 heteroatoms. The molecule has 7 nitrogen and oxygen atoms in total. The van der Waals surface area contributed by atoms with Crippen LogP contribution >= 0.6 is 0 Å². The van der Waals surface area contributed by atoms with Gasteiger partial charge < -0.3 is 20.1 Å². The van der Waals surface area contributed by atoms with Crippen LogP contribution in [0.1, 0.15) is 5.69 Å². The van der Waals surface area contributed by atoms with Gasteiger partial charge in [0.25, 0.3) is 0 Å². The summed E-state index contributed by atoms with van der Waals surface area (Å²) in [5, 5.41) is 7.15. The number of anilines is 5. The second-order valence-electron chi connectivity index (χ2n) is 7.25. The maximum atomic E-state index is 11.7. The van der Waals surface area contributed by atoms with Gasteiger partial charge in [0.15, 0.2) is 0 Å². The number of aromatic nitrogens is 3. The van der Waals surface area contributed by atoms with Gasteiger partial charge in [-0.05, 0) is 55.5 Å². The highest BCUT2D eigenvalue weighted by molar-refractivity contribution is 6.01. The van der Waals surface area contributed by atoms with Crippen LogP contribution in [-0.2, 0) is 11.8 Å². The maximum absolute atomic E-state index is 11.7. The van der Waals surface area contributed by atoms with Gasteiger partial charge in [-0.25, -0.2) is 4.98 Å². The molecule has 0 atom stereocenters. The zero-order valence-corrected chi connectivity index (χ0v) is 17.8. The molecule has 31 heavy (non-hydrogen) atoms. The van der Waals surface area contributed by atoms with Crippen LogP contribution in [0.2, 0.25) is 0 Å². The zero-order chi connectivity index (χ0) is 22.0. The Balaban J connectivity index is 1.60. The Morgan fingerprint density at radius 3 is 2.68 bits per heavy atom. The van der Waals surface area contributed by atoms with Crippen LogP contribution in [0.5, 0.6) is 0 Å². The number of nitrogens with zero attached hydrogens (tertiary/aromatic N) is 4. The highest BCUT2D eigenvalue weighted by Gasteiger charge is 2.11. The minimum absolute atomic E-state index is 0.282. The molecule has 2 aromatic heterocycles. The van der Waals surface area contributed by atoms with E-state index in [0.29, 0.717) is 17.3 Å². The van der Waals surface area contributed by atoms with Gasteiger partial charge in [-0.15, -0.1) is 0 Å². The first-order valence-corrected chi connectivity index (χ1v) is 9.88. The van der Waals surface area contributed by atoms with E-state index in [1.807, 2.05) is 36.2 Å². The lowest BCUT2D eigenvalue weighted by atomic mass is 10.2. The summed E-state index contributed by atoms with van der Waals surface area (Å²) in [5.41, 5.74) is 4.75. The fourth-order valence-electron chi connectivity index (χ4n) is 3.42. The number of nitrogens with one attached hydrogen (secondary N) is 2. The van der Waals surface area contributed by atoms with Crippen molar-refractivity contribution in [3.8, 4) is 0 Å². The van der Waals surface area contributed by atoms with Crippen LogP contribution in [0, 0.1) is 6.92 Å². The number of amides is 1. The Morgan fingerprint density at radius 2 is 1.90 bits per heavy atom. The molecule has 2 aromatic carbocycles. The third-order valence-electron chi connectivity index (χ3n) is 5.25. The largest absolute Gasteiger partial charge is 0.348 e. The van der Waals surface area contributed by atoms with Gasteiger partial charge >= 0.3 is 0 Å². The Bertz CT molecular complexity index is 1280. The number of fused-ring (bicyclic) bond motifs is 1. The Hall–Kier alpha value is -4.13. The summed E-state index contributed by atoms with van der Waals surface area (Å²) >= 11 is 0. The molecule has 2 N–H and O–H groups in total. The summed E-state index contributed by atoms with van der Waals surface area (Å²) in [4.78, 5) is 22.7. The SMILES string of the molecule is C=CC(=O)Nc1ccccc1Nc1nccc(N(C)c2ccc3c(c2)cc(C)n3C)n1. The first kappa shape index (κ1) is 20.2. The topological polar surface area (TPSA) is 75.1 Å². The minimum atomic E-state index is -0.282. The smallest absolute Gasteiger partial charge is 0.247 e. The summed E-state index contributed by atoms with van der Waals surface area (Å²) < 4.78 is 2.18. The average Bonchev–Trinajstić information content (AvgIpc) is 3.07. The molecule has 0 aliphatic carbocycles. The van der Waals surface area contributed by atoms with E-state index < -0.39 is 0 Å². The standard InChI is InChI=1S/C24H24N6O/c1-5-23(31)26-19-8-6-7-9-20(19)27-24-25-13-12-22(28-24)30(4)18-10-11-21-17(15-18)14-16(2)29(21)3/h5-15H,1H2,2-4H3,(H,26,31)(H,25,27,28). The molecule has 4 rings (SSSR count). The molecule has 0 fully saturated rings. The maximum Gasteiger partial charge on any atom is 0.247 e. The van der Waals surface area contributed by atoms with Crippen LogP contribution in [-0.4, -0.2) is 27.5 Å². The molecule has 0 bridgehead atoms. The highest BCUT2D eigenvalue weighted by Crippen LogP contribution is 2.29. The molecule has 0 aliphatic rings. The van der Waals surface area contributed by atoms with E-state index in [2.05, 4.69) is 70.0 Å². The van der Waals surface area contributed by atoms with Crippen LogP contribution < -0.4 is 15.5 Å². The third-order valence-corrected chi connectivity index (χ3v) is 5.25. The highest BCUT2D eigenvalue weighted by atomic mass is 16.1. The number of aryl methyl sites for hydroxylation is 2. The molecular weight excluding hydrogens is 388 g/mol. The van der Waals surface area contributed by atoms with Crippen molar-refractivity contribution in [3.05, 3.63) is 79.1 Å². The third kappa shape index (κ3) is 4.11. The fourth-order valence-corrected chi connectivity index (χ4v) is 3.42. The van der Waals surface area contributed by atoms with Gasteiger partial charge in [-0.3, -0.25) is 4.79 Å². The summed E-state index contributed by atoms with van der Waals surface area (Å²) in [7, 11) is 4.04. The van der Waals surface area contributed by atoms with E-state index in [1.54, 1.807) is 12.3 Å². The zero-order valence-electron chi connectivity index (χ0n) is 17.8. The molecule has 0 saturated heterocycles. The lowest BCUT2D eigenvalue weighted by molar-refractivity contribution is -0.111. The summed E-state index contributed by atoms with van der Waals surface area (Å²) in [6.45, 7) is 5.59. The van der Waals surface area contributed by atoms with Gasteiger partial charge in [0.1, 0.15) is 5.82 Å². The Morgan fingerprint density at radius 1 is 1.13 bits per heavy atom. The number of para-hydroxylation sites is 2. The van der Waals surface area contributed by atoms with E-state index in [0.717, 1.165) is 11.5 Å². The monoisotopic (exact) mass is 412 g/mol. The first-order chi connectivity index (χ1) is 15.0. The van der Waals surface area contributed by atoms with E-state index in [1.165, 1.54) is 22.7 Å². The van der Waals surface area contributed by atoms with E-state index >= 15 is 0 Å². The molecule has 4 aromatic rings. The summed E-state index contributed by atoms with van der Waals surface area (Å²) in [5.74, 6) is 0.897. The normalized spacial score (nSPS) is 10.7. The van der Waals surface area contributed by atoms with Crippen molar-refractivity contribution in [2.75, 3.05) is 22.6 Å². The summed E-state index contributed by atoms with van der Waals surface area (Å²) in [6.07, 6.45) is 2.94. The number of benzene rings is 2. The predicted molar refractivity (Wildman–Crippen MR) is 126 cm³/mol. The number of carbonyl (C=O) groups is 1. The molecule has 0 aliphatic heterocycles. The van der Waals surface area contributed by atoms with Gasteiger partial charge in [-0.2, -0.15) is 4.98 Å². The number of carbonyl (C=O) groups excluding carboxylic acids is 1. The number of hydrogen-bond donors (Lipinski definition) is 2. The molecule has 156 valence electrons.